The molecule has 2 heterocycles. The Hall–Kier alpha value is -3.16. The lowest BCUT2D eigenvalue weighted by atomic mass is 10.1. The fourth-order valence-electron chi connectivity index (χ4n) is 3.87. The van der Waals surface area contributed by atoms with Gasteiger partial charge in [0, 0.05) is 31.2 Å². The van der Waals surface area contributed by atoms with Crippen LogP contribution < -0.4 is 9.47 Å². The van der Waals surface area contributed by atoms with Gasteiger partial charge in [0.05, 0.1) is 23.9 Å². The highest BCUT2D eigenvalue weighted by Crippen LogP contribution is 2.20. The highest BCUT2D eigenvalue weighted by atomic mass is 32.1. The summed E-state index contributed by atoms with van der Waals surface area (Å²) in [5, 5.41) is 3.03. The maximum absolute atomic E-state index is 13.2. The number of carbonyl (C=O) groups excluding carboxylic acids is 1. The number of nitrogens with zero attached hydrogens (tertiary/aromatic N) is 2. The van der Waals surface area contributed by atoms with Gasteiger partial charge in [-0.1, -0.05) is 24.3 Å². The lowest BCUT2D eigenvalue weighted by Gasteiger charge is -2.24. The van der Waals surface area contributed by atoms with E-state index in [2.05, 4.69) is 4.98 Å². The molecule has 1 saturated heterocycles. The summed E-state index contributed by atoms with van der Waals surface area (Å²) in [4.78, 5) is 19.4. The molecule has 0 radical (unpaired) electrons. The maximum atomic E-state index is 13.2. The number of rotatable bonds is 10. The monoisotopic (exact) mass is 478 g/mol. The van der Waals surface area contributed by atoms with Gasteiger partial charge >= 0.3 is 0 Å². The first kappa shape index (κ1) is 24.0. The molecule has 178 valence electrons. The van der Waals surface area contributed by atoms with E-state index in [0.717, 1.165) is 52.8 Å². The van der Waals surface area contributed by atoms with E-state index in [-0.39, 0.29) is 12.0 Å². The first-order valence-corrected chi connectivity index (χ1v) is 12.3. The van der Waals surface area contributed by atoms with Crippen molar-refractivity contribution in [3.05, 3.63) is 81.8 Å². The number of benzene rings is 2. The summed E-state index contributed by atoms with van der Waals surface area (Å²) in [5.41, 5.74) is 2.84. The van der Waals surface area contributed by atoms with Crippen LogP contribution in [0, 0.1) is 6.92 Å². The third-order valence-electron chi connectivity index (χ3n) is 5.60. The van der Waals surface area contributed by atoms with Crippen LogP contribution in [0.5, 0.6) is 11.5 Å². The van der Waals surface area contributed by atoms with Crippen molar-refractivity contribution in [1.29, 1.82) is 0 Å². The highest BCUT2D eigenvalue weighted by Gasteiger charge is 2.22. The minimum absolute atomic E-state index is 0.0532. The van der Waals surface area contributed by atoms with Crippen LogP contribution >= 0.6 is 11.3 Å². The second-order valence-corrected chi connectivity index (χ2v) is 9.32. The molecule has 1 fully saturated rings. The second kappa shape index (κ2) is 11.8. The molecule has 4 rings (SSSR count). The predicted octanol–water partition coefficient (Wildman–Crippen LogP) is 5.26. The molecule has 3 aromatic rings. The van der Waals surface area contributed by atoms with Crippen molar-refractivity contribution in [2.75, 3.05) is 20.3 Å². The zero-order chi connectivity index (χ0) is 23.8. The zero-order valence-corrected chi connectivity index (χ0v) is 20.4. The number of aromatic nitrogens is 1. The average Bonchev–Trinajstić information content (AvgIpc) is 3.53. The number of ether oxygens (including phenoxy) is 3. The van der Waals surface area contributed by atoms with Gasteiger partial charge in [0.15, 0.2) is 0 Å². The fraction of sp³-hybridized carbons (Fsp3) is 0.333. The predicted molar refractivity (Wildman–Crippen MR) is 134 cm³/mol. The molecular formula is C27H30N2O4S. The van der Waals surface area contributed by atoms with Gasteiger partial charge in [0.1, 0.15) is 18.1 Å². The Morgan fingerprint density at radius 3 is 2.85 bits per heavy atom. The molecule has 7 heteroatoms. The molecule has 0 spiro atoms. The second-order valence-electron chi connectivity index (χ2n) is 8.26. The molecule has 1 unspecified atom stereocenters. The number of hydrogen-bond acceptors (Lipinski definition) is 6. The van der Waals surface area contributed by atoms with E-state index < -0.39 is 0 Å². The van der Waals surface area contributed by atoms with Gasteiger partial charge in [-0.05, 0) is 61.2 Å². The van der Waals surface area contributed by atoms with E-state index in [1.165, 1.54) is 0 Å². The normalized spacial score (nSPS) is 15.5. The Morgan fingerprint density at radius 1 is 1.24 bits per heavy atom. The summed E-state index contributed by atoms with van der Waals surface area (Å²) >= 11 is 1.61. The van der Waals surface area contributed by atoms with Crippen molar-refractivity contribution in [1.82, 2.24) is 9.88 Å². The van der Waals surface area contributed by atoms with Crippen LogP contribution in [0.3, 0.4) is 0 Å². The SMILES string of the molecule is COc1cccc(CN(CC2CCCO2)C(=O)/C=C/c2cccc(OCc3csc(C)n3)c2)c1. The number of aryl methyl sites for hydroxylation is 1. The number of hydrogen-bond donors (Lipinski definition) is 0. The van der Waals surface area contributed by atoms with Crippen molar-refractivity contribution in [3.63, 3.8) is 0 Å². The smallest absolute Gasteiger partial charge is 0.246 e. The van der Waals surface area contributed by atoms with Gasteiger partial charge < -0.3 is 19.1 Å². The Bertz CT molecular complexity index is 1120. The summed E-state index contributed by atoms with van der Waals surface area (Å²) in [6, 6.07) is 15.5. The van der Waals surface area contributed by atoms with Crippen molar-refractivity contribution < 1.29 is 19.0 Å². The Balaban J connectivity index is 1.42. The highest BCUT2D eigenvalue weighted by molar-refractivity contribution is 7.09. The first-order valence-electron chi connectivity index (χ1n) is 11.4. The van der Waals surface area contributed by atoms with E-state index >= 15 is 0 Å². The quantitative estimate of drug-likeness (QED) is 0.372. The van der Waals surface area contributed by atoms with E-state index in [9.17, 15) is 4.79 Å². The van der Waals surface area contributed by atoms with Crippen LogP contribution in [0.15, 0.2) is 60.0 Å². The minimum atomic E-state index is -0.0532. The molecule has 6 nitrogen and oxygen atoms in total. The van der Waals surface area contributed by atoms with Crippen LogP contribution in [0.25, 0.3) is 6.08 Å². The molecule has 2 aromatic carbocycles. The van der Waals surface area contributed by atoms with Gasteiger partial charge in [-0.3, -0.25) is 4.79 Å². The summed E-state index contributed by atoms with van der Waals surface area (Å²) in [7, 11) is 1.65. The van der Waals surface area contributed by atoms with E-state index in [1.807, 2.05) is 71.8 Å². The average molecular weight is 479 g/mol. The molecule has 0 N–H and O–H groups in total. The number of methoxy groups -OCH3 is 1. The minimum Gasteiger partial charge on any atom is -0.497 e. The van der Waals surface area contributed by atoms with Crippen molar-refractivity contribution in [2.24, 2.45) is 0 Å². The number of carbonyl (C=O) groups is 1. The Labute approximate surface area is 204 Å². The Kier molecular flexibility index (Phi) is 8.33. The molecule has 1 amide bonds. The van der Waals surface area contributed by atoms with Crippen LogP contribution in [0.4, 0.5) is 0 Å². The van der Waals surface area contributed by atoms with Gasteiger partial charge in [0.2, 0.25) is 5.91 Å². The topological polar surface area (TPSA) is 60.9 Å². The molecule has 1 aliphatic heterocycles. The summed E-state index contributed by atoms with van der Waals surface area (Å²) in [6.45, 7) is 4.22. The van der Waals surface area contributed by atoms with Crippen molar-refractivity contribution >= 4 is 23.3 Å². The number of amides is 1. The van der Waals surface area contributed by atoms with Crippen LogP contribution in [0.2, 0.25) is 0 Å². The summed E-state index contributed by atoms with van der Waals surface area (Å²) in [6.07, 6.45) is 5.54. The van der Waals surface area contributed by atoms with Gasteiger partial charge in [0.25, 0.3) is 0 Å². The standard InChI is InChI=1S/C27H30N2O4S/c1-20-28-23(19-34-20)18-33-25-9-3-6-21(14-25)11-12-27(30)29(17-26-10-5-13-32-26)16-22-7-4-8-24(15-22)31-2/h3-4,6-9,11-12,14-15,19,26H,5,10,13,16-18H2,1-2H3/b12-11+. The molecular weight excluding hydrogens is 448 g/mol. The van der Waals surface area contributed by atoms with Crippen LogP contribution in [-0.4, -0.2) is 42.2 Å². The van der Waals surface area contributed by atoms with Gasteiger partial charge in [-0.15, -0.1) is 11.3 Å². The third kappa shape index (κ3) is 6.92. The zero-order valence-electron chi connectivity index (χ0n) is 19.6. The van der Waals surface area contributed by atoms with E-state index in [4.69, 9.17) is 14.2 Å². The summed E-state index contributed by atoms with van der Waals surface area (Å²) < 4.78 is 17.0. The largest absolute Gasteiger partial charge is 0.497 e. The number of thiazole rings is 1. The molecule has 34 heavy (non-hydrogen) atoms. The molecule has 1 atom stereocenters. The van der Waals surface area contributed by atoms with Crippen molar-refractivity contribution in [2.45, 2.75) is 39.0 Å². The first-order chi connectivity index (χ1) is 16.6. The van der Waals surface area contributed by atoms with Gasteiger partial charge in [-0.2, -0.15) is 0 Å². The fourth-order valence-corrected chi connectivity index (χ4v) is 4.47. The molecule has 0 bridgehead atoms. The van der Waals surface area contributed by atoms with Crippen molar-refractivity contribution in [3.8, 4) is 11.5 Å². The maximum Gasteiger partial charge on any atom is 0.246 e. The third-order valence-corrected chi connectivity index (χ3v) is 6.42. The van der Waals surface area contributed by atoms with Crippen LogP contribution in [-0.2, 0) is 22.7 Å². The van der Waals surface area contributed by atoms with Crippen LogP contribution in [0.1, 0.15) is 34.7 Å². The molecule has 0 saturated carbocycles. The lowest BCUT2D eigenvalue weighted by molar-refractivity contribution is -0.128. The molecule has 1 aromatic heterocycles. The molecule has 1 aliphatic rings. The molecule has 0 aliphatic carbocycles. The van der Waals surface area contributed by atoms with E-state index in [1.54, 1.807) is 24.5 Å². The lowest BCUT2D eigenvalue weighted by Crippen LogP contribution is -2.35. The Morgan fingerprint density at radius 2 is 2.09 bits per heavy atom. The van der Waals surface area contributed by atoms with Gasteiger partial charge in [-0.25, -0.2) is 4.98 Å². The summed E-state index contributed by atoms with van der Waals surface area (Å²) in [5.74, 6) is 1.47. The van der Waals surface area contributed by atoms with E-state index in [0.29, 0.717) is 19.7 Å².